The predicted molar refractivity (Wildman–Crippen MR) is 63.6 cm³/mol. The second-order valence-electron chi connectivity index (χ2n) is 4.33. The van der Waals surface area contributed by atoms with Gasteiger partial charge in [-0.1, -0.05) is 0 Å². The van der Waals surface area contributed by atoms with E-state index in [9.17, 15) is 8.42 Å². The Kier molecular flexibility index (Phi) is 2.67. The SMILES string of the molecule is Cc1cc(N)cc(S(=O)(=O)N(C)C2CC2)c1. The van der Waals surface area contributed by atoms with Crippen LogP contribution in [0.1, 0.15) is 18.4 Å². The zero-order valence-electron chi connectivity index (χ0n) is 9.47. The summed E-state index contributed by atoms with van der Waals surface area (Å²) in [6, 6.07) is 5.11. The van der Waals surface area contributed by atoms with Crippen molar-refractivity contribution in [3.8, 4) is 0 Å². The summed E-state index contributed by atoms with van der Waals surface area (Å²) < 4.78 is 25.8. The Balaban J connectivity index is 2.42. The highest BCUT2D eigenvalue weighted by molar-refractivity contribution is 7.89. The third-order valence-electron chi connectivity index (χ3n) is 2.81. The van der Waals surface area contributed by atoms with Crippen LogP contribution in [0.3, 0.4) is 0 Å². The molecule has 16 heavy (non-hydrogen) atoms. The number of hydrogen-bond acceptors (Lipinski definition) is 3. The van der Waals surface area contributed by atoms with Gasteiger partial charge in [0, 0.05) is 18.8 Å². The van der Waals surface area contributed by atoms with Crippen LogP contribution in [0.25, 0.3) is 0 Å². The molecule has 0 bridgehead atoms. The maximum Gasteiger partial charge on any atom is 0.243 e. The molecule has 0 saturated heterocycles. The van der Waals surface area contributed by atoms with Crippen molar-refractivity contribution in [1.82, 2.24) is 4.31 Å². The Morgan fingerprint density at radius 1 is 1.31 bits per heavy atom. The van der Waals surface area contributed by atoms with E-state index in [1.807, 2.05) is 6.92 Å². The van der Waals surface area contributed by atoms with Crippen LogP contribution < -0.4 is 5.73 Å². The summed E-state index contributed by atoms with van der Waals surface area (Å²) in [6.07, 6.45) is 1.91. The van der Waals surface area contributed by atoms with Gasteiger partial charge in [-0.25, -0.2) is 8.42 Å². The molecule has 2 N–H and O–H groups in total. The fraction of sp³-hybridized carbons (Fsp3) is 0.455. The molecule has 0 heterocycles. The summed E-state index contributed by atoms with van der Waals surface area (Å²) in [5.74, 6) is 0. The molecule has 0 radical (unpaired) electrons. The van der Waals surface area contributed by atoms with Gasteiger partial charge in [0.2, 0.25) is 10.0 Å². The van der Waals surface area contributed by atoms with Crippen molar-refractivity contribution in [2.75, 3.05) is 12.8 Å². The fourth-order valence-electron chi connectivity index (χ4n) is 1.73. The molecule has 0 spiro atoms. The number of sulfonamides is 1. The molecule has 0 aliphatic heterocycles. The van der Waals surface area contributed by atoms with E-state index in [1.165, 1.54) is 10.4 Å². The summed E-state index contributed by atoms with van der Waals surface area (Å²) in [4.78, 5) is 0.291. The van der Waals surface area contributed by atoms with Gasteiger partial charge in [0.1, 0.15) is 0 Å². The van der Waals surface area contributed by atoms with Crippen LogP contribution in [0.2, 0.25) is 0 Å². The Bertz CT molecular complexity index is 486. The zero-order chi connectivity index (χ0) is 11.9. The van der Waals surface area contributed by atoms with E-state index < -0.39 is 10.0 Å². The second-order valence-corrected chi connectivity index (χ2v) is 6.33. The highest BCUT2D eigenvalue weighted by Gasteiger charge is 2.35. The molecule has 1 aromatic carbocycles. The number of rotatable bonds is 3. The smallest absolute Gasteiger partial charge is 0.243 e. The lowest BCUT2D eigenvalue weighted by atomic mass is 10.2. The minimum absolute atomic E-state index is 0.173. The van der Waals surface area contributed by atoms with Gasteiger partial charge in [0.25, 0.3) is 0 Å². The number of aryl methyl sites for hydroxylation is 1. The van der Waals surface area contributed by atoms with E-state index in [4.69, 9.17) is 5.73 Å². The first kappa shape index (κ1) is 11.4. The lowest BCUT2D eigenvalue weighted by molar-refractivity contribution is 0.464. The monoisotopic (exact) mass is 240 g/mol. The third-order valence-corrected chi connectivity index (χ3v) is 4.70. The Labute approximate surface area is 96.1 Å². The van der Waals surface area contributed by atoms with E-state index in [0.29, 0.717) is 10.6 Å². The zero-order valence-corrected chi connectivity index (χ0v) is 10.3. The van der Waals surface area contributed by atoms with Crippen LogP contribution in [0, 0.1) is 6.92 Å². The molecule has 0 atom stereocenters. The summed E-state index contributed by atoms with van der Waals surface area (Å²) in [7, 11) is -1.74. The molecule has 0 amide bonds. The number of benzene rings is 1. The minimum Gasteiger partial charge on any atom is -0.399 e. The largest absolute Gasteiger partial charge is 0.399 e. The van der Waals surface area contributed by atoms with Crippen LogP contribution in [0.5, 0.6) is 0 Å². The number of hydrogen-bond donors (Lipinski definition) is 1. The van der Waals surface area contributed by atoms with Gasteiger partial charge < -0.3 is 5.73 Å². The van der Waals surface area contributed by atoms with Crippen molar-refractivity contribution in [3.05, 3.63) is 23.8 Å². The van der Waals surface area contributed by atoms with Crippen molar-refractivity contribution in [2.45, 2.75) is 30.7 Å². The van der Waals surface area contributed by atoms with E-state index in [0.717, 1.165) is 18.4 Å². The second kappa shape index (κ2) is 3.75. The van der Waals surface area contributed by atoms with E-state index in [2.05, 4.69) is 0 Å². The normalized spacial score (nSPS) is 16.7. The molecule has 1 aliphatic carbocycles. The number of nitrogen functional groups attached to an aromatic ring is 1. The first-order chi connectivity index (χ1) is 7.41. The van der Waals surface area contributed by atoms with Gasteiger partial charge in [-0.15, -0.1) is 0 Å². The lowest BCUT2D eigenvalue weighted by Crippen LogP contribution is -2.29. The summed E-state index contributed by atoms with van der Waals surface area (Å²) >= 11 is 0. The van der Waals surface area contributed by atoms with Gasteiger partial charge in [-0.3, -0.25) is 0 Å². The average Bonchev–Trinajstić information content (AvgIpc) is 2.98. The molecule has 2 rings (SSSR count). The van der Waals surface area contributed by atoms with Gasteiger partial charge >= 0.3 is 0 Å². The maximum atomic E-state index is 12.2. The van der Waals surface area contributed by atoms with Crippen molar-refractivity contribution < 1.29 is 8.42 Å². The van der Waals surface area contributed by atoms with Crippen molar-refractivity contribution in [2.24, 2.45) is 0 Å². The van der Waals surface area contributed by atoms with Crippen LogP contribution in [0.15, 0.2) is 23.1 Å². The lowest BCUT2D eigenvalue weighted by Gasteiger charge is -2.17. The van der Waals surface area contributed by atoms with Crippen molar-refractivity contribution in [3.63, 3.8) is 0 Å². The molecule has 1 fully saturated rings. The van der Waals surface area contributed by atoms with Crippen LogP contribution in [-0.4, -0.2) is 25.8 Å². The minimum atomic E-state index is -3.37. The molecule has 5 heteroatoms. The Morgan fingerprint density at radius 3 is 2.44 bits per heavy atom. The van der Waals surface area contributed by atoms with E-state index >= 15 is 0 Å². The number of anilines is 1. The molecule has 1 aromatic rings. The average molecular weight is 240 g/mol. The molecule has 88 valence electrons. The van der Waals surface area contributed by atoms with Crippen LogP contribution in [-0.2, 0) is 10.0 Å². The van der Waals surface area contributed by atoms with Crippen LogP contribution >= 0.6 is 0 Å². The third kappa shape index (κ3) is 2.05. The summed E-state index contributed by atoms with van der Waals surface area (Å²) in [5, 5.41) is 0. The molecule has 0 aromatic heterocycles. The predicted octanol–water partition coefficient (Wildman–Crippen LogP) is 1.36. The highest BCUT2D eigenvalue weighted by atomic mass is 32.2. The summed E-state index contributed by atoms with van der Waals surface area (Å²) in [6.45, 7) is 1.84. The van der Waals surface area contributed by atoms with Crippen molar-refractivity contribution in [1.29, 1.82) is 0 Å². The maximum absolute atomic E-state index is 12.2. The van der Waals surface area contributed by atoms with Gasteiger partial charge in [0.15, 0.2) is 0 Å². The molecule has 1 aliphatic rings. The van der Waals surface area contributed by atoms with Crippen LogP contribution in [0.4, 0.5) is 5.69 Å². The number of nitrogens with two attached hydrogens (primary N) is 1. The fourth-order valence-corrected chi connectivity index (χ4v) is 3.28. The Morgan fingerprint density at radius 2 is 1.94 bits per heavy atom. The number of nitrogens with zero attached hydrogens (tertiary/aromatic N) is 1. The molecular formula is C11H16N2O2S. The van der Waals surface area contributed by atoms with Gasteiger partial charge in [0.05, 0.1) is 4.90 Å². The molecule has 0 unspecified atom stereocenters. The topological polar surface area (TPSA) is 63.4 Å². The first-order valence-electron chi connectivity index (χ1n) is 5.26. The Hall–Kier alpha value is -1.07. The molecular weight excluding hydrogens is 224 g/mol. The standard InChI is InChI=1S/C11H16N2O2S/c1-8-5-9(12)7-11(6-8)16(14,15)13(2)10-3-4-10/h5-7,10H,3-4,12H2,1-2H3. The van der Waals surface area contributed by atoms with Gasteiger partial charge in [-0.2, -0.15) is 4.31 Å². The first-order valence-corrected chi connectivity index (χ1v) is 6.70. The quantitative estimate of drug-likeness (QED) is 0.811. The molecule has 1 saturated carbocycles. The van der Waals surface area contributed by atoms with E-state index in [-0.39, 0.29) is 6.04 Å². The summed E-state index contributed by atoms with van der Waals surface area (Å²) in [5.41, 5.74) is 7.02. The molecule has 4 nitrogen and oxygen atoms in total. The van der Waals surface area contributed by atoms with Gasteiger partial charge in [-0.05, 0) is 43.5 Å². The van der Waals surface area contributed by atoms with Crippen molar-refractivity contribution >= 4 is 15.7 Å². The highest BCUT2D eigenvalue weighted by Crippen LogP contribution is 2.31. The van der Waals surface area contributed by atoms with E-state index in [1.54, 1.807) is 19.2 Å².